The molecular formula is C13H18F3NO2S. The molecule has 1 rings (SSSR count). The van der Waals surface area contributed by atoms with E-state index in [4.69, 9.17) is 0 Å². The van der Waals surface area contributed by atoms with Crippen LogP contribution >= 0.6 is 0 Å². The number of sulfonamides is 1. The highest BCUT2D eigenvalue weighted by Crippen LogP contribution is 2.29. The number of hydrogen-bond donors (Lipinski definition) is 1. The first kappa shape index (κ1) is 17.0. The van der Waals surface area contributed by atoms with E-state index < -0.39 is 21.8 Å². The number of alkyl halides is 3. The molecule has 114 valence electrons. The van der Waals surface area contributed by atoms with Crippen LogP contribution < -0.4 is 4.72 Å². The lowest BCUT2D eigenvalue weighted by Gasteiger charge is -2.18. The summed E-state index contributed by atoms with van der Waals surface area (Å²) in [5.74, 6) is 0. The second-order valence-corrected chi connectivity index (χ2v) is 7.50. The molecule has 0 amide bonds. The van der Waals surface area contributed by atoms with Crippen LogP contribution in [0.3, 0.4) is 0 Å². The van der Waals surface area contributed by atoms with E-state index in [9.17, 15) is 21.6 Å². The maximum absolute atomic E-state index is 12.4. The van der Waals surface area contributed by atoms with Crippen LogP contribution in [-0.4, -0.2) is 15.0 Å². The molecule has 1 aromatic carbocycles. The van der Waals surface area contributed by atoms with Crippen molar-refractivity contribution in [2.24, 2.45) is 5.41 Å². The predicted octanol–water partition coefficient (Wildman–Crippen LogP) is 3.42. The Kier molecular flexibility index (Phi) is 4.86. The lowest BCUT2D eigenvalue weighted by molar-refractivity contribution is -0.137. The number of rotatable bonds is 4. The molecule has 0 spiro atoms. The molecule has 1 N–H and O–H groups in total. The van der Waals surface area contributed by atoms with Crippen molar-refractivity contribution in [1.82, 2.24) is 4.72 Å². The minimum absolute atomic E-state index is 0.0251. The Morgan fingerprint density at radius 2 is 1.55 bits per heavy atom. The Labute approximate surface area is 117 Å². The second kappa shape index (κ2) is 5.73. The van der Waals surface area contributed by atoms with E-state index in [-0.39, 0.29) is 16.9 Å². The fourth-order valence-corrected chi connectivity index (χ4v) is 2.50. The molecule has 0 saturated carbocycles. The van der Waals surface area contributed by atoms with Crippen molar-refractivity contribution in [3.8, 4) is 0 Å². The van der Waals surface area contributed by atoms with Gasteiger partial charge in [0.25, 0.3) is 0 Å². The van der Waals surface area contributed by atoms with Gasteiger partial charge in [-0.1, -0.05) is 20.8 Å². The van der Waals surface area contributed by atoms with Crippen molar-refractivity contribution < 1.29 is 21.6 Å². The Morgan fingerprint density at radius 3 is 1.95 bits per heavy atom. The quantitative estimate of drug-likeness (QED) is 0.926. The van der Waals surface area contributed by atoms with Crippen LogP contribution in [0, 0.1) is 5.41 Å². The Hall–Kier alpha value is -1.08. The van der Waals surface area contributed by atoms with Crippen LogP contribution in [0.25, 0.3) is 0 Å². The zero-order chi connectivity index (χ0) is 15.6. The summed E-state index contributed by atoms with van der Waals surface area (Å²) in [6.07, 6.45) is -3.84. The Morgan fingerprint density at radius 1 is 1.05 bits per heavy atom. The van der Waals surface area contributed by atoms with Crippen LogP contribution in [0.4, 0.5) is 13.2 Å². The van der Waals surface area contributed by atoms with E-state index in [1.807, 2.05) is 20.8 Å². The lowest BCUT2D eigenvalue weighted by Crippen LogP contribution is -2.27. The van der Waals surface area contributed by atoms with Gasteiger partial charge in [-0.2, -0.15) is 13.2 Å². The highest BCUT2D eigenvalue weighted by atomic mass is 32.2. The first-order valence-electron chi connectivity index (χ1n) is 6.09. The molecular weight excluding hydrogens is 291 g/mol. The second-order valence-electron chi connectivity index (χ2n) is 5.73. The third-order valence-electron chi connectivity index (χ3n) is 2.66. The van der Waals surface area contributed by atoms with Gasteiger partial charge in [0.05, 0.1) is 10.5 Å². The highest BCUT2D eigenvalue weighted by molar-refractivity contribution is 7.89. The summed E-state index contributed by atoms with van der Waals surface area (Å²) in [5.41, 5.74) is -0.894. The fraction of sp³-hybridized carbons (Fsp3) is 0.538. The molecule has 0 fully saturated rings. The topological polar surface area (TPSA) is 46.2 Å². The molecule has 0 radical (unpaired) electrons. The normalized spacial score (nSPS) is 13.5. The molecule has 0 saturated heterocycles. The average Bonchev–Trinajstić information content (AvgIpc) is 2.26. The van der Waals surface area contributed by atoms with Gasteiger partial charge in [-0.05, 0) is 36.1 Å². The summed E-state index contributed by atoms with van der Waals surface area (Å²) in [4.78, 5) is -0.167. The third-order valence-corrected chi connectivity index (χ3v) is 4.14. The van der Waals surface area contributed by atoms with Crippen molar-refractivity contribution in [2.75, 3.05) is 6.54 Å². The maximum Gasteiger partial charge on any atom is 0.416 e. The largest absolute Gasteiger partial charge is 0.416 e. The van der Waals surface area contributed by atoms with Crippen molar-refractivity contribution in [1.29, 1.82) is 0 Å². The first-order valence-corrected chi connectivity index (χ1v) is 7.57. The zero-order valence-electron chi connectivity index (χ0n) is 11.6. The predicted molar refractivity (Wildman–Crippen MR) is 70.7 cm³/mol. The van der Waals surface area contributed by atoms with Gasteiger partial charge in [0.15, 0.2) is 0 Å². The molecule has 3 nitrogen and oxygen atoms in total. The van der Waals surface area contributed by atoms with Gasteiger partial charge in [0, 0.05) is 6.54 Å². The lowest BCUT2D eigenvalue weighted by atomic mass is 9.93. The van der Waals surface area contributed by atoms with Gasteiger partial charge in [0.1, 0.15) is 0 Å². The third kappa shape index (κ3) is 5.13. The van der Waals surface area contributed by atoms with E-state index in [0.29, 0.717) is 6.42 Å². The fourth-order valence-electron chi connectivity index (χ4n) is 1.47. The van der Waals surface area contributed by atoms with E-state index in [2.05, 4.69) is 4.72 Å². The van der Waals surface area contributed by atoms with E-state index in [1.165, 1.54) is 0 Å². The minimum Gasteiger partial charge on any atom is -0.211 e. The SMILES string of the molecule is CC(C)(C)CCNS(=O)(=O)c1ccc(C(F)(F)F)cc1. The van der Waals surface area contributed by atoms with Gasteiger partial charge in [-0.3, -0.25) is 0 Å². The molecule has 0 aliphatic rings. The van der Waals surface area contributed by atoms with Crippen molar-refractivity contribution in [3.63, 3.8) is 0 Å². The zero-order valence-corrected chi connectivity index (χ0v) is 12.4. The molecule has 0 aliphatic carbocycles. The monoisotopic (exact) mass is 309 g/mol. The molecule has 20 heavy (non-hydrogen) atoms. The van der Waals surface area contributed by atoms with Crippen LogP contribution in [-0.2, 0) is 16.2 Å². The van der Waals surface area contributed by atoms with E-state index in [0.717, 1.165) is 24.3 Å². The molecule has 0 heterocycles. The summed E-state index contributed by atoms with van der Waals surface area (Å²) >= 11 is 0. The maximum atomic E-state index is 12.4. The summed E-state index contributed by atoms with van der Waals surface area (Å²) < 4.78 is 63.3. The van der Waals surface area contributed by atoms with E-state index >= 15 is 0 Å². The average molecular weight is 309 g/mol. The number of halogens is 3. The molecule has 1 aromatic rings. The molecule has 0 aliphatic heterocycles. The van der Waals surface area contributed by atoms with Gasteiger partial charge in [0.2, 0.25) is 10.0 Å². The van der Waals surface area contributed by atoms with Gasteiger partial charge >= 0.3 is 6.18 Å². The van der Waals surface area contributed by atoms with Gasteiger partial charge in [-0.25, -0.2) is 13.1 Å². The number of benzene rings is 1. The Bertz CT molecular complexity index is 542. The van der Waals surface area contributed by atoms with Gasteiger partial charge in [-0.15, -0.1) is 0 Å². The molecule has 0 aromatic heterocycles. The summed E-state index contributed by atoms with van der Waals surface area (Å²) in [6.45, 7) is 6.16. The molecule has 0 unspecified atom stereocenters. The smallest absolute Gasteiger partial charge is 0.211 e. The van der Waals surface area contributed by atoms with Crippen LogP contribution in [0.15, 0.2) is 29.2 Å². The van der Waals surface area contributed by atoms with Gasteiger partial charge < -0.3 is 0 Å². The first-order chi connectivity index (χ1) is 8.92. The minimum atomic E-state index is -4.47. The summed E-state index contributed by atoms with van der Waals surface area (Å²) in [5, 5.41) is 0. The molecule has 7 heteroatoms. The van der Waals surface area contributed by atoms with Crippen molar-refractivity contribution >= 4 is 10.0 Å². The Balaban J connectivity index is 2.78. The summed E-state index contributed by atoms with van der Waals surface area (Å²) in [7, 11) is -3.76. The van der Waals surface area contributed by atoms with Crippen LogP contribution in [0.5, 0.6) is 0 Å². The van der Waals surface area contributed by atoms with E-state index in [1.54, 1.807) is 0 Å². The van der Waals surface area contributed by atoms with Crippen LogP contribution in [0.1, 0.15) is 32.8 Å². The highest BCUT2D eigenvalue weighted by Gasteiger charge is 2.30. The summed E-state index contributed by atoms with van der Waals surface area (Å²) in [6, 6.07) is 3.45. The number of nitrogens with one attached hydrogen (secondary N) is 1. The standard InChI is InChI=1S/C13H18F3NO2S/c1-12(2,3)8-9-17-20(18,19)11-6-4-10(5-7-11)13(14,15)16/h4-7,17H,8-9H2,1-3H3. The van der Waals surface area contributed by atoms with Crippen LogP contribution in [0.2, 0.25) is 0 Å². The number of hydrogen-bond acceptors (Lipinski definition) is 2. The van der Waals surface area contributed by atoms with Crippen molar-refractivity contribution in [2.45, 2.75) is 38.3 Å². The molecule has 0 bridgehead atoms. The van der Waals surface area contributed by atoms with Crippen molar-refractivity contribution in [3.05, 3.63) is 29.8 Å². The molecule has 0 atom stereocenters.